The number of hydrogen-bond acceptors (Lipinski definition) is 5. The molecule has 0 heterocycles. The van der Waals surface area contributed by atoms with E-state index in [4.69, 9.17) is 9.47 Å². The van der Waals surface area contributed by atoms with Crippen molar-refractivity contribution in [2.75, 3.05) is 13.2 Å². The van der Waals surface area contributed by atoms with Gasteiger partial charge in [-0.1, -0.05) is 12.1 Å². The molecule has 0 fully saturated rings. The van der Waals surface area contributed by atoms with Crippen LogP contribution in [0, 0.1) is 9.49 Å². The van der Waals surface area contributed by atoms with Gasteiger partial charge >= 0.3 is 11.9 Å². The number of halogens is 1. The molecule has 0 bridgehead atoms. The molecule has 0 spiro atoms. The Morgan fingerprint density at radius 3 is 2.25 bits per heavy atom. The van der Waals surface area contributed by atoms with Crippen LogP contribution in [0.15, 0.2) is 29.3 Å². The summed E-state index contributed by atoms with van der Waals surface area (Å²) in [5, 5.41) is 0. The first-order valence-corrected chi connectivity index (χ1v) is 7.30. The van der Waals surface area contributed by atoms with E-state index in [1.54, 1.807) is 19.9 Å². The van der Waals surface area contributed by atoms with E-state index >= 15 is 0 Å². The summed E-state index contributed by atoms with van der Waals surface area (Å²) in [4.78, 5) is 27.7. The molecule has 1 rings (SSSR count). The fraction of sp³-hybridized carbons (Fsp3) is 0.357. The predicted octanol–water partition coefficient (Wildman–Crippen LogP) is 2.74. The van der Waals surface area contributed by atoms with E-state index in [-0.39, 0.29) is 13.2 Å². The van der Waals surface area contributed by atoms with Gasteiger partial charge in [-0.3, -0.25) is 14.6 Å². The number of ether oxygens (including phenoxy) is 2. The second-order valence-corrected chi connectivity index (χ2v) is 4.87. The highest BCUT2D eigenvalue weighted by Gasteiger charge is 2.27. The normalized spacial score (nSPS) is 10.8. The summed E-state index contributed by atoms with van der Waals surface area (Å²) in [5.74, 6) is -2.44. The second-order valence-electron chi connectivity index (χ2n) is 3.71. The van der Waals surface area contributed by atoms with Crippen LogP contribution in [0.25, 0.3) is 0 Å². The lowest BCUT2D eigenvalue weighted by atomic mass is 10.1. The summed E-state index contributed by atoms with van der Waals surface area (Å²) >= 11 is 2.13. The van der Waals surface area contributed by atoms with Gasteiger partial charge in [0.2, 0.25) is 0 Å². The monoisotopic (exact) mass is 389 g/mol. The van der Waals surface area contributed by atoms with Crippen molar-refractivity contribution >= 4 is 46.4 Å². The first kappa shape index (κ1) is 16.6. The third kappa shape index (κ3) is 4.92. The lowest BCUT2D eigenvalue weighted by Crippen LogP contribution is -2.29. The summed E-state index contributed by atoms with van der Waals surface area (Å²) in [5.41, 5.74) is 0.687. The van der Waals surface area contributed by atoms with E-state index in [0.717, 1.165) is 3.57 Å². The molecule has 5 nitrogen and oxygen atoms in total. The Morgan fingerprint density at radius 2 is 1.75 bits per heavy atom. The standard InChI is InChI=1S/C14H16INO4/c1-3-19-13(17)10(14(18)20-4-2)9-16-12-8-6-5-7-11(12)15/h5-10H,3-4H2,1-2H3. The van der Waals surface area contributed by atoms with E-state index in [0.29, 0.717) is 5.69 Å². The van der Waals surface area contributed by atoms with Crippen molar-refractivity contribution in [1.29, 1.82) is 0 Å². The molecule has 0 atom stereocenters. The highest BCUT2D eigenvalue weighted by atomic mass is 127. The Kier molecular flexibility index (Phi) is 7.21. The van der Waals surface area contributed by atoms with Crippen molar-refractivity contribution < 1.29 is 19.1 Å². The van der Waals surface area contributed by atoms with Gasteiger partial charge in [-0.2, -0.15) is 0 Å². The zero-order valence-corrected chi connectivity index (χ0v) is 13.5. The highest BCUT2D eigenvalue weighted by Crippen LogP contribution is 2.20. The molecular weight excluding hydrogens is 373 g/mol. The van der Waals surface area contributed by atoms with Gasteiger partial charge in [0.15, 0.2) is 5.92 Å². The van der Waals surface area contributed by atoms with E-state index in [9.17, 15) is 9.59 Å². The first-order chi connectivity index (χ1) is 9.60. The van der Waals surface area contributed by atoms with Gasteiger partial charge in [-0.05, 0) is 48.6 Å². The molecule has 0 amide bonds. The van der Waals surface area contributed by atoms with Crippen LogP contribution >= 0.6 is 22.6 Å². The Labute approximate surface area is 131 Å². The number of carbonyl (C=O) groups excluding carboxylic acids is 2. The minimum atomic E-state index is -1.13. The lowest BCUT2D eigenvalue weighted by molar-refractivity contribution is -0.157. The summed E-state index contributed by atoms with van der Waals surface area (Å²) in [6, 6.07) is 7.40. The molecule has 1 aromatic rings. The second kappa shape index (κ2) is 8.68. The largest absolute Gasteiger partial charge is 0.465 e. The van der Waals surface area contributed by atoms with Crippen LogP contribution in [0.5, 0.6) is 0 Å². The number of aliphatic imine (C=N–C) groups is 1. The number of hydrogen-bond donors (Lipinski definition) is 0. The van der Waals surface area contributed by atoms with Crippen LogP contribution in [-0.4, -0.2) is 31.4 Å². The zero-order valence-electron chi connectivity index (χ0n) is 11.3. The van der Waals surface area contributed by atoms with E-state index < -0.39 is 17.9 Å². The number of benzene rings is 1. The van der Waals surface area contributed by atoms with Crippen molar-refractivity contribution in [3.05, 3.63) is 27.8 Å². The zero-order chi connectivity index (χ0) is 15.0. The average molecular weight is 389 g/mol. The number of rotatable bonds is 6. The number of carbonyl (C=O) groups is 2. The predicted molar refractivity (Wildman–Crippen MR) is 84.1 cm³/mol. The van der Waals surface area contributed by atoms with Gasteiger partial charge in [-0.15, -0.1) is 0 Å². The van der Waals surface area contributed by atoms with Crippen LogP contribution < -0.4 is 0 Å². The van der Waals surface area contributed by atoms with Crippen LogP contribution in [-0.2, 0) is 19.1 Å². The Balaban J connectivity index is 2.91. The maximum atomic E-state index is 11.7. The minimum Gasteiger partial charge on any atom is -0.465 e. The fourth-order valence-corrected chi connectivity index (χ4v) is 1.92. The van der Waals surface area contributed by atoms with Gasteiger partial charge in [0.1, 0.15) is 0 Å². The fourth-order valence-electron chi connectivity index (χ4n) is 1.39. The van der Waals surface area contributed by atoms with Gasteiger partial charge in [0.25, 0.3) is 0 Å². The SMILES string of the molecule is CCOC(=O)C(C=Nc1ccccc1I)C(=O)OCC. The molecule has 6 heteroatoms. The maximum absolute atomic E-state index is 11.7. The Bertz CT molecular complexity index is 484. The van der Waals surface area contributed by atoms with E-state index in [1.807, 2.05) is 18.2 Å². The third-order valence-electron chi connectivity index (χ3n) is 2.30. The molecule has 0 aromatic heterocycles. The lowest BCUT2D eigenvalue weighted by Gasteiger charge is -2.10. The van der Waals surface area contributed by atoms with E-state index in [2.05, 4.69) is 27.6 Å². The van der Waals surface area contributed by atoms with Crippen molar-refractivity contribution in [1.82, 2.24) is 0 Å². The smallest absolute Gasteiger partial charge is 0.325 e. The average Bonchev–Trinajstić information content (AvgIpc) is 2.41. The molecule has 20 heavy (non-hydrogen) atoms. The molecule has 1 aromatic carbocycles. The first-order valence-electron chi connectivity index (χ1n) is 6.22. The number of para-hydroxylation sites is 1. The van der Waals surface area contributed by atoms with Crippen molar-refractivity contribution in [2.45, 2.75) is 13.8 Å². The minimum absolute atomic E-state index is 0.200. The van der Waals surface area contributed by atoms with Gasteiger partial charge in [0, 0.05) is 9.78 Å². The molecule has 108 valence electrons. The molecule has 0 aliphatic carbocycles. The van der Waals surface area contributed by atoms with Gasteiger partial charge in [0.05, 0.1) is 18.9 Å². The summed E-state index contributed by atoms with van der Waals surface area (Å²) in [6.07, 6.45) is 1.27. The van der Waals surface area contributed by atoms with Crippen LogP contribution in [0.1, 0.15) is 13.8 Å². The highest BCUT2D eigenvalue weighted by molar-refractivity contribution is 14.1. The maximum Gasteiger partial charge on any atom is 0.325 e. The summed E-state index contributed by atoms with van der Waals surface area (Å²) in [7, 11) is 0. The van der Waals surface area contributed by atoms with Crippen molar-refractivity contribution in [3.8, 4) is 0 Å². The molecule has 0 aliphatic rings. The Hall–Kier alpha value is -1.44. The quantitative estimate of drug-likeness (QED) is 0.325. The molecule has 0 saturated heterocycles. The van der Waals surface area contributed by atoms with Gasteiger partial charge < -0.3 is 9.47 Å². The topological polar surface area (TPSA) is 65.0 Å². The van der Waals surface area contributed by atoms with Crippen LogP contribution in [0.3, 0.4) is 0 Å². The van der Waals surface area contributed by atoms with Crippen LogP contribution in [0.2, 0.25) is 0 Å². The van der Waals surface area contributed by atoms with Crippen molar-refractivity contribution in [2.24, 2.45) is 10.9 Å². The molecule has 0 aliphatic heterocycles. The molecule has 0 unspecified atom stereocenters. The summed E-state index contributed by atoms with van der Waals surface area (Å²) in [6.45, 7) is 3.76. The third-order valence-corrected chi connectivity index (χ3v) is 3.21. The van der Waals surface area contributed by atoms with E-state index in [1.165, 1.54) is 6.21 Å². The van der Waals surface area contributed by atoms with Crippen molar-refractivity contribution in [3.63, 3.8) is 0 Å². The summed E-state index contributed by atoms with van der Waals surface area (Å²) < 4.78 is 10.6. The van der Waals surface area contributed by atoms with Crippen LogP contribution in [0.4, 0.5) is 5.69 Å². The number of esters is 2. The van der Waals surface area contributed by atoms with Gasteiger partial charge in [-0.25, -0.2) is 0 Å². The molecular formula is C14H16INO4. The number of nitrogens with zero attached hydrogens (tertiary/aromatic N) is 1. The Morgan fingerprint density at radius 1 is 1.20 bits per heavy atom. The molecule has 0 radical (unpaired) electrons. The molecule has 0 N–H and O–H groups in total. The molecule has 0 saturated carbocycles.